The maximum atomic E-state index is 13.6. The first-order chi connectivity index (χ1) is 9.13. The molecule has 0 amide bonds. The normalized spacial score (nSPS) is 14.8. The summed E-state index contributed by atoms with van der Waals surface area (Å²) in [6, 6.07) is 1.70. The zero-order valence-corrected chi connectivity index (χ0v) is 11.7. The first-order valence-electron chi connectivity index (χ1n) is 5.78. The number of nitrogens with one attached hydrogen (secondary N) is 1. The first-order valence-corrected chi connectivity index (χ1v) is 7.26. The van der Waals surface area contributed by atoms with Crippen LogP contribution >= 0.6 is 0 Å². The highest BCUT2D eigenvalue weighted by molar-refractivity contribution is 7.89. The highest BCUT2D eigenvalue weighted by atomic mass is 32.2. The van der Waals surface area contributed by atoms with E-state index in [-0.39, 0.29) is 6.42 Å². The molecule has 0 radical (unpaired) electrons. The van der Waals surface area contributed by atoms with E-state index in [0.717, 1.165) is 12.1 Å². The summed E-state index contributed by atoms with van der Waals surface area (Å²) in [5.74, 6) is -1.20. The highest BCUT2D eigenvalue weighted by Gasteiger charge is 2.23. The number of aliphatic hydroxyl groups excluding tert-OH is 1. The van der Waals surface area contributed by atoms with Crippen molar-refractivity contribution < 1.29 is 22.8 Å². The zero-order chi connectivity index (χ0) is 15.5. The van der Waals surface area contributed by atoms with E-state index in [1.165, 1.54) is 13.8 Å². The van der Waals surface area contributed by atoms with E-state index in [1.54, 1.807) is 0 Å². The third-order valence-corrected chi connectivity index (χ3v) is 4.09. The van der Waals surface area contributed by atoms with Gasteiger partial charge in [0, 0.05) is 12.1 Å². The number of rotatable bonds is 6. The van der Waals surface area contributed by atoms with Crippen LogP contribution in [0.5, 0.6) is 0 Å². The number of halogens is 1. The van der Waals surface area contributed by atoms with Crippen LogP contribution < -0.4 is 4.72 Å². The van der Waals surface area contributed by atoms with Crippen molar-refractivity contribution in [3.05, 3.63) is 34.1 Å². The summed E-state index contributed by atoms with van der Waals surface area (Å²) in [7, 11) is -4.14. The number of non-ortho nitro benzene ring substituents is 1. The van der Waals surface area contributed by atoms with Crippen LogP contribution in [0.2, 0.25) is 0 Å². The molecule has 0 aromatic heterocycles. The smallest absolute Gasteiger partial charge is 0.272 e. The lowest BCUT2D eigenvalue weighted by atomic mass is 10.2. The summed E-state index contributed by atoms with van der Waals surface area (Å²) in [6.07, 6.45) is -0.553. The van der Waals surface area contributed by atoms with Crippen LogP contribution in [0.15, 0.2) is 23.1 Å². The van der Waals surface area contributed by atoms with Gasteiger partial charge in [0.1, 0.15) is 10.7 Å². The Balaban J connectivity index is 3.01. The maximum absolute atomic E-state index is 13.6. The highest BCUT2D eigenvalue weighted by Crippen LogP contribution is 2.20. The molecule has 0 saturated heterocycles. The van der Waals surface area contributed by atoms with Crippen LogP contribution in [-0.4, -0.2) is 30.6 Å². The van der Waals surface area contributed by atoms with Gasteiger partial charge in [-0.3, -0.25) is 10.1 Å². The Labute approximate surface area is 115 Å². The molecule has 0 spiro atoms. The van der Waals surface area contributed by atoms with Crippen LogP contribution in [0.3, 0.4) is 0 Å². The predicted octanol–water partition coefficient (Wildman–Crippen LogP) is 1.17. The van der Waals surface area contributed by atoms with Gasteiger partial charge in [-0.1, -0.05) is 0 Å². The number of nitro groups is 1. The molecule has 0 fully saturated rings. The van der Waals surface area contributed by atoms with Crippen molar-refractivity contribution in [1.82, 2.24) is 4.72 Å². The summed E-state index contributed by atoms with van der Waals surface area (Å²) < 4.78 is 39.7. The molecule has 1 aromatic carbocycles. The Bertz CT molecular complexity index is 603. The molecular weight excluding hydrogens is 291 g/mol. The summed E-state index contributed by atoms with van der Waals surface area (Å²) >= 11 is 0. The van der Waals surface area contributed by atoms with Gasteiger partial charge in [-0.25, -0.2) is 17.5 Å². The molecule has 112 valence electrons. The Morgan fingerprint density at radius 2 is 2.05 bits per heavy atom. The lowest BCUT2D eigenvalue weighted by Crippen LogP contribution is -2.35. The van der Waals surface area contributed by atoms with Crippen molar-refractivity contribution >= 4 is 15.7 Å². The number of benzene rings is 1. The van der Waals surface area contributed by atoms with E-state index in [0.29, 0.717) is 6.07 Å². The molecular formula is C11H15FN2O5S. The molecule has 2 N–H and O–H groups in total. The monoisotopic (exact) mass is 306 g/mol. The lowest BCUT2D eigenvalue weighted by Gasteiger charge is -2.15. The Hall–Kier alpha value is -1.58. The largest absolute Gasteiger partial charge is 0.393 e. The van der Waals surface area contributed by atoms with Crippen molar-refractivity contribution in [2.24, 2.45) is 0 Å². The van der Waals surface area contributed by atoms with E-state index in [1.807, 2.05) is 0 Å². The van der Waals surface area contributed by atoms with E-state index in [9.17, 15) is 22.9 Å². The van der Waals surface area contributed by atoms with Gasteiger partial charge in [0.05, 0.1) is 17.1 Å². The summed E-state index contributed by atoms with van der Waals surface area (Å²) in [5.41, 5.74) is -0.529. The zero-order valence-electron chi connectivity index (χ0n) is 10.9. The molecule has 0 aliphatic carbocycles. The average Bonchev–Trinajstić information content (AvgIpc) is 2.25. The number of hydrogen-bond acceptors (Lipinski definition) is 5. The van der Waals surface area contributed by atoms with E-state index < -0.39 is 43.5 Å². The van der Waals surface area contributed by atoms with Crippen LogP contribution in [0, 0.1) is 15.9 Å². The first kappa shape index (κ1) is 16.5. The Morgan fingerprint density at radius 1 is 1.45 bits per heavy atom. The third-order valence-electron chi connectivity index (χ3n) is 2.47. The molecule has 1 aromatic rings. The van der Waals surface area contributed by atoms with Gasteiger partial charge in [0.25, 0.3) is 5.69 Å². The molecule has 9 heteroatoms. The van der Waals surface area contributed by atoms with E-state index in [4.69, 9.17) is 5.11 Å². The van der Waals surface area contributed by atoms with Crippen molar-refractivity contribution in [3.63, 3.8) is 0 Å². The van der Waals surface area contributed by atoms with Crippen LogP contribution in [0.25, 0.3) is 0 Å². The predicted molar refractivity (Wildman–Crippen MR) is 69.1 cm³/mol. The van der Waals surface area contributed by atoms with Gasteiger partial charge < -0.3 is 5.11 Å². The quantitative estimate of drug-likeness (QED) is 0.605. The molecule has 0 aliphatic heterocycles. The fraction of sp³-hybridized carbons (Fsp3) is 0.455. The van der Waals surface area contributed by atoms with E-state index in [2.05, 4.69) is 4.72 Å². The number of aliphatic hydroxyl groups is 1. The van der Waals surface area contributed by atoms with Gasteiger partial charge in [0.2, 0.25) is 10.0 Å². The minimum Gasteiger partial charge on any atom is -0.393 e. The Morgan fingerprint density at radius 3 is 2.50 bits per heavy atom. The number of nitrogens with zero attached hydrogens (tertiary/aromatic N) is 1. The van der Waals surface area contributed by atoms with Gasteiger partial charge in [-0.15, -0.1) is 0 Å². The third kappa shape index (κ3) is 4.22. The second-order valence-electron chi connectivity index (χ2n) is 4.48. The molecule has 0 aliphatic rings. The fourth-order valence-electron chi connectivity index (χ4n) is 1.71. The number of sulfonamides is 1. The maximum Gasteiger partial charge on any atom is 0.272 e. The minimum atomic E-state index is -4.14. The van der Waals surface area contributed by atoms with Gasteiger partial charge in [-0.05, 0) is 26.3 Å². The summed E-state index contributed by atoms with van der Waals surface area (Å²) in [5, 5.41) is 19.6. The Kier molecular flexibility index (Phi) is 5.15. The minimum absolute atomic E-state index is 0.161. The van der Waals surface area contributed by atoms with Crippen molar-refractivity contribution in [3.8, 4) is 0 Å². The van der Waals surface area contributed by atoms with Crippen molar-refractivity contribution in [2.75, 3.05) is 0 Å². The second-order valence-corrected chi connectivity index (χ2v) is 6.16. The number of nitro benzene ring substituents is 1. The van der Waals surface area contributed by atoms with Crippen molar-refractivity contribution in [2.45, 2.75) is 37.3 Å². The van der Waals surface area contributed by atoms with Crippen LogP contribution in [-0.2, 0) is 10.0 Å². The summed E-state index contributed by atoms with van der Waals surface area (Å²) in [6.45, 7) is 3.02. The molecule has 2 atom stereocenters. The summed E-state index contributed by atoms with van der Waals surface area (Å²) in [4.78, 5) is 8.98. The standard InChI is InChI=1S/C11H15FN2O5S/c1-7(5-8(2)15)13-20(18,19)11-4-3-9(14(16)17)6-10(11)12/h3-4,6-8,13,15H,5H2,1-2H3. The molecule has 2 unspecified atom stereocenters. The van der Waals surface area contributed by atoms with Gasteiger partial charge >= 0.3 is 0 Å². The molecule has 7 nitrogen and oxygen atoms in total. The second kappa shape index (κ2) is 6.25. The molecule has 1 rings (SSSR count). The molecule has 0 bridgehead atoms. The molecule has 0 heterocycles. The lowest BCUT2D eigenvalue weighted by molar-refractivity contribution is -0.385. The van der Waals surface area contributed by atoms with Crippen LogP contribution in [0.1, 0.15) is 20.3 Å². The van der Waals surface area contributed by atoms with Crippen LogP contribution in [0.4, 0.5) is 10.1 Å². The fourth-order valence-corrected chi connectivity index (χ4v) is 3.03. The average molecular weight is 306 g/mol. The molecule has 20 heavy (non-hydrogen) atoms. The van der Waals surface area contributed by atoms with Crippen molar-refractivity contribution in [1.29, 1.82) is 0 Å². The topological polar surface area (TPSA) is 110 Å². The molecule has 0 saturated carbocycles. The van der Waals surface area contributed by atoms with Gasteiger partial charge in [-0.2, -0.15) is 0 Å². The SMILES string of the molecule is CC(O)CC(C)NS(=O)(=O)c1ccc([N+](=O)[O-])cc1F. The van der Waals surface area contributed by atoms with E-state index >= 15 is 0 Å². The van der Waals surface area contributed by atoms with Gasteiger partial charge in [0.15, 0.2) is 0 Å². The number of hydrogen-bond donors (Lipinski definition) is 2.